The maximum Gasteiger partial charge on any atom is 0.250 e. The van der Waals surface area contributed by atoms with E-state index in [1.807, 2.05) is 0 Å². The number of nitrogen functional groups attached to an aromatic ring is 1. The lowest BCUT2D eigenvalue weighted by molar-refractivity contribution is -0.122. The molecule has 0 amide bonds. The molecule has 2 aromatic rings. The van der Waals surface area contributed by atoms with Gasteiger partial charge in [0, 0.05) is 12.1 Å². The van der Waals surface area contributed by atoms with E-state index in [1.54, 1.807) is 16.8 Å². The summed E-state index contributed by atoms with van der Waals surface area (Å²) >= 11 is 3.20. The number of nitrogens with two attached hydrogens (primary N) is 1. The van der Waals surface area contributed by atoms with Crippen molar-refractivity contribution in [3.05, 3.63) is 34.1 Å². The van der Waals surface area contributed by atoms with E-state index in [-0.39, 0.29) is 17.5 Å². The molecule has 0 bridgehead atoms. The van der Waals surface area contributed by atoms with Crippen LogP contribution in [0.5, 0.6) is 0 Å². The van der Waals surface area contributed by atoms with Crippen LogP contribution in [0.2, 0.25) is 0 Å². The highest BCUT2D eigenvalue weighted by molar-refractivity contribution is 9.10. The first-order valence-corrected chi connectivity index (χ1v) is 8.11. The lowest BCUT2D eigenvalue weighted by atomic mass is 9.78. The zero-order valence-corrected chi connectivity index (χ0v) is 13.6. The Morgan fingerprint density at radius 2 is 2.17 bits per heavy atom. The quantitative estimate of drug-likeness (QED) is 0.827. The summed E-state index contributed by atoms with van der Waals surface area (Å²) in [6.45, 7) is 0. The molecule has 2 atom stereocenters. The van der Waals surface area contributed by atoms with E-state index in [9.17, 15) is 9.18 Å². The molecule has 1 aliphatic heterocycles. The third-order valence-electron chi connectivity index (χ3n) is 4.30. The molecule has 2 N–H and O–H groups in total. The normalized spacial score (nSPS) is 23.2. The van der Waals surface area contributed by atoms with E-state index < -0.39 is 12.0 Å². The van der Waals surface area contributed by atoms with Crippen LogP contribution in [0.4, 0.5) is 16.3 Å². The Kier molecular flexibility index (Phi) is 3.29. The first-order valence-electron chi connectivity index (χ1n) is 7.32. The van der Waals surface area contributed by atoms with Gasteiger partial charge >= 0.3 is 0 Å². The van der Waals surface area contributed by atoms with Gasteiger partial charge in [0.05, 0.1) is 16.4 Å². The summed E-state index contributed by atoms with van der Waals surface area (Å²) in [5.41, 5.74) is 7.30. The van der Waals surface area contributed by atoms with Crippen LogP contribution < -0.4 is 5.73 Å². The Labute approximate surface area is 139 Å². The second-order valence-electron chi connectivity index (χ2n) is 5.73. The Bertz CT molecular complexity index is 846. The average Bonchev–Trinajstić information content (AvgIpc) is 2.88. The van der Waals surface area contributed by atoms with Gasteiger partial charge < -0.3 is 5.73 Å². The van der Waals surface area contributed by atoms with Crippen molar-refractivity contribution < 1.29 is 9.18 Å². The smallest absolute Gasteiger partial charge is 0.250 e. The number of hydrogen-bond donors (Lipinski definition) is 1. The predicted octanol–water partition coefficient (Wildman–Crippen LogP) is 2.81. The maximum absolute atomic E-state index is 13.6. The van der Waals surface area contributed by atoms with Crippen molar-refractivity contribution in [2.24, 2.45) is 10.9 Å². The van der Waals surface area contributed by atoms with Gasteiger partial charge in [-0.3, -0.25) is 4.79 Å². The molecule has 6 nitrogen and oxygen atoms in total. The lowest BCUT2D eigenvalue weighted by Gasteiger charge is -2.34. The number of ketones is 1. The van der Waals surface area contributed by atoms with Gasteiger partial charge in [-0.2, -0.15) is 4.98 Å². The molecule has 0 saturated heterocycles. The molecule has 118 valence electrons. The number of carbonyl (C=O) groups is 1. The van der Waals surface area contributed by atoms with Gasteiger partial charge in [-0.15, -0.1) is 5.10 Å². The van der Waals surface area contributed by atoms with Gasteiger partial charge in [0.15, 0.2) is 0 Å². The maximum atomic E-state index is 13.6. The summed E-state index contributed by atoms with van der Waals surface area (Å²) in [4.78, 5) is 21.1. The molecular weight excluding hydrogens is 365 g/mol. The SMILES string of the molecule is Nc1nc2n(n1)C(c1ccc(F)c(Br)c1)C1C(=O)CCCC1=N2. The third-order valence-corrected chi connectivity index (χ3v) is 4.91. The minimum absolute atomic E-state index is 0.113. The van der Waals surface area contributed by atoms with Crippen molar-refractivity contribution in [2.45, 2.75) is 25.3 Å². The molecule has 1 fully saturated rings. The molecule has 8 heteroatoms. The number of carbonyl (C=O) groups excluding carboxylic acids is 1. The highest BCUT2D eigenvalue weighted by atomic mass is 79.9. The van der Waals surface area contributed by atoms with Crippen molar-refractivity contribution >= 4 is 39.3 Å². The van der Waals surface area contributed by atoms with Crippen LogP contribution in [-0.2, 0) is 4.79 Å². The molecule has 1 aromatic carbocycles. The molecule has 0 spiro atoms. The second-order valence-corrected chi connectivity index (χ2v) is 6.59. The van der Waals surface area contributed by atoms with Crippen molar-refractivity contribution in [1.82, 2.24) is 14.8 Å². The first-order chi connectivity index (χ1) is 11.0. The number of aromatic nitrogens is 3. The molecule has 0 radical (unpaired) electrons. The molecule has 23 heavy (non-hydrogen) atoms. The van der Waals surface area contributed by atoms with Crippen LogP contribution in [-0.4, -0.2) is 26.3 Å². The third kappa shape index (κ3) is 2.28. The largest absolute Gasteiger partial charge is 0.366 e. The lowest BCUT2D eigenvalue weighted by Crippen LogP contribution is -2.39. The second kappa shape index (κ2) is 5.23. The minimum atomic E-state index is -0.396. The summed E-state index contributed by atoms with van der Waals surface area (Å²) < 4.78 is 15.5. The zero-order valence-electron chi connectivity index (χ0n) is 12.0. The Morgan fingerprint density at radius 1 is 1.35 bits per heavy atom. The zero-order chi connectivity index (χ0) is 16.1. The highest BCUT2D eigenvalue weighted by Gasteiger charge is 2.42. The number of aliphatic imine (C=N–C) groups is 1. The summed E-state index contributed by atoms with van der Waals surface area (Å²) in [7, 11) is 0. The molecule has 2 heterocycles. The van der Waals surface area contributed by atoms with E-state index in [1.165, 1.54) is 6.07 Å². The Balaban J connectivity index is 1.91. The summed E-state index contributed by atoms with van der Waals surface area (Å²) in [5.74, 6) is -0.114. The molecule has 1 saturated carbocycles. The van der Waals surface area contributed by atoms with Crippen LogP contribution >= 0.6 is 15.9 Å². The number of anilines is 1. The topological polar surface area (TPSA) is 86.2 Å². The number of nitrogens with zero attached hydrogens (tertiary/aromatic N) is 4. The molecule has 2 unspecified atom stereocenters. The van der Waals surface area contributed by atoms with Gasteiger partial charge in [0.1, 0.15) is 11.6 Å². The Hall–Kier alpha value is -2.09. The van der Waals surface area contributed by atoms with E-state index in [4.69, 9.17) is 5.73 Å². The highest BCUT2D eigenvalue weighted by Crippen LogP contribution is 2.40. The van der Waals surface area contributed by atoms with E-state index in [2.05, 4.69) is 31.0 Å². The molecule has 1 aliphatic carbocycles. The van der Waals surface area contributed by atoms with Gasteiger partial charge in [0.2, 0.25) is 11.9 Å². The van der Waals surface area contributed by atoms with Crippen LogP contribution in [0.3, 0.4) is 0 Å². The van der Waals surface area contributed by atoms with Crippen molar-refractivity contribution in [3.63, 3.8) is 0 Å². The Morgan fingerprint density at radius 3 is 2.96 bits per heavy atom. The average molecular weight is 378 g/mol. The van der Waals surface area contributed by atoms with Crippen LogP contribution in [0, 0.1) is 11.7 Å². The van der Waals surface area contributed by atoms with Crippen LogP contribution in [0.15, 0.2) is 27.7 Å². The summed E-state index contributed by atoms with van der Waals surface area (Å²) in [6.07, 6.45) is 2.06. The van der Waals surface area contributed by atoms with Crippen molar-refractivity contribution in [3.8, 4) is 0 Å². The monoisotopic (exact) mass is 377 g/mol. The van der Waals surface area contributed by atoms with Gasteiger partial charge in [0.25, 0.3) is 0 Å². The molecule has 4 rings (SSSR count). The van der Waals surface area contributed by atoms with E-state index in [0.29, 0.717) is 16.8 Å². The van der Waals surface area contributed by atoms with Crippen LogP contribution in [0.1, 0.15) is 30.9 Å². The minimum Gasteiger partial charge on any atom is -0.366 e. The first kappa shape index (κ1) is 14.5. The number of halogens is 2. The van der Waals surface area contributed by atoms with E-state index >= 15 is 0 Å². The number of fused-ring (bicyclic) bond motifs is 2. The number of hydrogen-bond acceptors (Lipinski definition) is 5. The van der Waals surface area contributed by atoms with Gasteiger partial charge in [-0.25, -0.2) is 14.1 Å². The fourth-order valence-electron chi connectivity index (χ4n) is 3.32. The predicted molar refractivity (Wildman–Crippen MR) is 86.1 cm³/mol. The van der Waals surface area contributed by atoms with Crippen LogP contribution in [0.25, 0.3) is 0 Å². The standard InChI is InChI=1S/C15H13BrFN5O/c16-8-6-7(4-5-9(8)17)13-12-10(2-1-3-11(12)23)19-15-20-14(18)21-22(13)15/h4-6,12-13H,1-3H2,(H2,18,21). The van der Waals surface area contributed by atoms with Gasteiger partial charge in [-0.05, 0) is 46.5 Å². The number of benzene rings is 1. The number of Topliss-reactive ketones (excluding diaryl/α,β-unsaturated/α-hetero) is 1. The number of rotatable bonds is 1. The van der Waals surface area contributed by atoms with Gasteiger partial charge in [-0.1, -0.05) is 6.07 Å². The van der Waals surface area contributed by atoms with E-state index in [0.717, 1.165) is 24.1 Å². The molecule has 1 aromatic heterocycles. The van der Waals surface area contributed by atoms with Crippen molar-refractivity contribution in [1.29, 1.82) is 0 Å². The summed E-state index contributed by atoms with van der Waals surface area (Å²) in [5, 5.41) is 4.20. The van der Waals surface area contributed by atoms with Crippen molar-refractivity contribution in [2.75, 3.05) is 5.73 Å². The fraction of sp³-hybridized carbons (Fsp3) is 0.333. The summed E-state index contributed by atoms with van der Waals surface area (Å²) in [6, 6.07) is 4.31. The molecule has 2 aliphatic rings. The fourth-order valence-corrected chi connectivity index (χ4v) is 3.71. The molecular formula is C15H13BrFN5O.